The number of nitrogens with one attached hydrogen (secondary N) is 1. The normalized spacial score (nSPS) is 19.2. The standard InChI is InChI=1S/C23H23N3O5/c1-14-4-2-5-16-21(14)26(23(29)17-6-3-9-25(17)22(16)28)12-20(27)24-11-15-7-8-18-19(10-15)31-13-30-18/h2,4-5,7-8,10,17H,3,6,9,11-13H2,1H3,(H,24,27)/t17-/m1/s1. The van der Waals surface area contributed by atoms with Gasteiger partial charge in [0.15, 0.2) is 11.5 Å². The third-order valence-electron chi connectivity index (χ3n) is 6.03. The third-order valence-corrected chi connectivity index (χ3v) is 6.03. The highest BCUT2D eigenvalue weighted by molar-refractivity contribution is 6.13. The first-order chi connectivity index (χ1) is 15.0. The van der Waals surface area contributed by atoms with E-state index in [1.54, 1.807) is 11.0 Å². The Kier molecular flexibility index (Phi) is 4.77. The number of benzene rings is 2. The minimum atomic E-state index is -0.513. The van der Waals surface area contributed by atoms with Gasteiger partial charge in [-0.15, -0.1) is 0 Å². The fourth-order valence-electron chi connectivity index (χ4n) is 4.51. The summed E-state index contributed by atoms with van der Waals surface area (Å²) in [6.45, 7) is 2.77. The van der Waals surface area contributed by atoms with E-state index in [0.717, 1.165) is 17.5 Å². The highest BCUT2D eigenvalue weighted by Crippen LogP contribution is 2.35. The molecule has 1 saturated heterocycles. The van der Waals surface area contributed by atoms with Gasteiger partial charge in [-0.3, -0.25) is 14.4 Å². The molecule has 1 fully saturated rings. The molecular weight excluding hydrogens is 398 g/mol. The Hall–Kier alpha value is -3.55. The van der Waals surface area contributed by atoms with Crippen LogP contribution in [-0.2, 0) is 16.1 Å². The zero-order valence-corrected chi connectivity index (χ0v) is 17.2. The summed E-state index contributed by atoms with van der Waals surface area (Å²) in [5.74, 6) is 0.705. The number of hydrogen-bond acceptors (Lipinski definition) is 5. The van der Waals surface area contributed by atoms with Crippen LogP contribution in [0, 0.1) is 6.92 Å². The molecule has 0 unspecified atom stereocenters. The van der Waals surface area contributed by atoms with Gasteiger partial charge in [-0.2, -0.15) is 0 Å². The number of fused-ring (bicyclic) bond motifs is 3. The Morgan fingerprint density at radius 3 is 2.87 bits per heavy atom. The van der Waals surface area contributed by atoms with E-state index in [-0.39, 0.29) is 31.1 Å². The number of aryl methyl sites for hydroxylation is 1. The zero-order chi connectivity index (χ0) is 21.5. The highest BCUT2D eigenvalue weighted by atomic mass is 16.7. The number of amides is 3. The van der Waals surface area contributed by atoms with E-state index in [1.807, 2.05) is 37.3 Å². The Balaban J connectivity index is 1.37. The molecule has 8 heteroatoms. The number of para-hydroxylation sites is 1. The molecule has 3 amide bonds. The lowest BCUT2D eigenvalue weighted by Crippen LogP contribution is -2.48. The maximum Gasteiger partial charge on any atom is 0.256 e. The van der Waals surface area contributed by atoms with Gasteiger partial charge in [-0.05, 0) is 49.1 Å². The number of carbonyl (C=O) groups excluding carboxylic acids is 3. The van der Waals surface area contributed by atoms with Crippen LogP contribution in [0.15, 0.2) is 36.4 Å². The first-order valence-corrected chi connectivity index (χ1v) is 10.4. The summed E-state index contributed by atoms with van der Waals surface area (Å²) in [5.41, 5.74) is 2.67. The summed E-state index contributed by atoms with van der Waals surface area (Å²) >= 11 is 0. The lowest BCUT2D eigenvalue weighted by atomic mass is 10.1. The lowest BCUT2D eigenvalue weighted by Gasteiger charge is -2.26. The Morgan fingerprint density at radius 1 is 1.16 bits per heavy atom. The average Bonchev–Trinajstić information content (AvgIpc) is 3.42. The van der Waals surface area contributed by atoms with E-state index in [9.17, 15) is 14.4 Å². The zero-order valence-electron chi connectivity index (χ0n) is 17.2. The summed E-state index contributed by atoms with van der Waals surface area (Å²) < 4.78 is 10.7. The van der Waals surface area contributed by atoms with Crippen LogP contribution in [0.2, 0.25) is 0 Å². The number of hydrogen-bond donors (Lipinski definition) is 1. The van der Waals surface area contributed by atoms with Crippen LogP contribution in [-0.4, -0.2) is 48.5 Å². The van der Waals surface area contributed by atoms with Crippen LogP contribution in [0.1, 0.15) is 34.3 Å². The molecule has 8 nitrogen and oxygen atoms in total. The van der Waals surface area contributed by atoms with Gasteiger partial charge in [0.25, 0.3) is 5.91 Å². The Labute approximate surface area is 179 Å². The Morgan fingerprint density at radius 2 is 2.00 bits per heavy atom. The number of rotatable bonds is 4. The molecule has 31 heavy (non-hydrogen) atoms. The summed E-state index contributed by atoms with van der Waals surface area (Å²) in [5, 5.41) is 2.87. The molecule has 0 spiro atoms. The summed E-state index contributed by atoms with van der Waals surface area (Å²) in [7, 11) is 0. The quantitative estimate of drug-likeness (QED) is 0.816. The molecule has 160 valence electrons. The second-order valence-corrected chi connectivity index (χ2v) is 8.02. The van der Waals surface area contributed by atoms with Gasteiger partial charge in [0.05, 0.1) is 11.3 Å². The second-order valence-electron chi connectivity index (χ2n) is 8.02. The molecular formula is C23H23N3O5. The highest BCUT2D eigenvalue weighted by Gasteiger charge is 2.42. The van der Waals surface area contributed by atoms with Crippen molar-refractivity contribution in [2.75, 3.05) is 24.8 Å². The van der Waals surface area contributed by atoms with Crippen molar-refractivity contribution in [3.8, 4) is 11.5 Å². The predicted molar refractivity (Wildman–Crippen MR) is 112 cm³/mol. The molecule has 0 aromatic heterocycles. The number of ether oxygens (including phenoxy) is 2. The van der Waals surface area contributed by atoms with Crippen molar-refractivity contribution in [1.29, 1.82) is 0 Å². The number of anilines is 1. The minimum absolute atomic E-state index is 0.140. The van der Waals surface area contributed by atoms with Crippen molar-refractivity contribution < 1.29 is 23.9 Å². The summed E-state index contributed by atoms with van der Waals surface area (Å²) in [6.07, 6.45) is 1.40. The van der Waals surface area contributed by atoms with Gasteiger partial charge in [0.2, 0.25) is 18.6 Å². The average molecular weight is 421 g/mol. The van der Waals surface area contributed by atoms with Crippen molar-refractivity contribution in [2.45, 2.75) is 32.4 Å². The van der Waals surface area contributed by atoms with Gasteiger partial charge < -0.3 is 24.6 Å². The smallest absolute Gasteiger partial charge is 0.256 e. The van der Waals surface area contributed by atoms with Crippen LogP contribution >= 0.6 is 0 Å². The molecule has 3 aliphatic rings. The molecule has 0 radical (unpaired) electrons. The van der Waals surface area contributed by atoms with Gasteiger partial charge >= 0.3 is 0 Å². The van der Waals surface area contributed by atoms with Gasteiger partial charge in [-0.25, -0.2) is 0 Å². The molecule has 1 atom stereocenters. The summed E-state index contributed by atoms with van der Waals surface area (Å²) in [4.78, 5) is 42.4. The largest absolute Gasteiger partial charge is 0.454 e. The maximum atomic E-state index is 13.3. The predicted octanol–water partition coefficient (Wildman–Crippen LogP) is 1.99. The maximum absolute atomic E-state index is 13.3. The van der Waals surface area contributed by atoms with Gasteiger partial charge in [0.1, 0.15) is 12.6 Å². The van der Waals surface area contributed by atoms with Crippen molar-refractivity contribution in [3.05, 3.63) is 53.1 Å². The molecule has 5 rings (SSSR count). The third kappa shape index (κ3) is 3.37. The second kappa shape index (κ2) is 7.61. The van der Waals surface area contributed by atoms with E-state index in [1.165, 1.54) is 4.90 Å². The molecule has 3 heterocycles. The van der Waals surface area contributed by atoms with Crippen LogP contribution < -0.4 is 19.7 Å². The minimum Gasteiger partial charge on any atom is -0.454 e. The van der Waals surface area contributed by atoms with Gasteiger partial charge in [-0.1, -0.05) is 18.2 Å². The van der Waals surface area contributed by atoms with Crippen molar-refractivity contribution in [2.24, 2.45) is 0 Å². The van der Waals surface area contributed by atoms with Crippen LogP contribution in [0.5, 0.6) is 11.5 Å². The molecule has 1 N–H and O–H groups in total. The SMILES string of the molecule is Cc1cccc2c1N(CC(=O)NCc1ccc3c(c1)OCO3)C(=O)[C@H]1CCCN1C2=O. The van der Waals surface area contributed by atoms with Crippen molar-refractivity contribution >= 4 is 23.4 Å². The first kappa shape index (κ1) is 19.4. The molecule has 0 bridgehead atoms. The topological polar surface area (TPSA) is 88.2 Å². The van der Waals surface area contributed by atoms with Crippen molar-refractivity contribution in [1.82, 2.24) is 10.2 Å². The van der Waals surface area contributed by atoms with Crippen LogP contribution in [0.25, 0.3) is 0 Å². The van der Waals surface area contributed by atoms with E-state index >= 15 is 0 Å². The monoisotopic (exact) mass is 421 g/mol. The molecule has 2 aromatic carbocycles. The van der Waals surface area contributed by atoms with Crippen molar-refractivity contribution in [3.63, 3.8) is 0 Å². The van der Waals surface area contributed by atoms with Crippen LogP contribution in [0.3, 0.4) is 0 Å². The van der Waals surface area contributed by atoms with E-state index in [2.05, 4.69) is 5.32 Å². The van der Waals surface area contributed by atoms with Gasteiger partial charge in [0, 0.05) is 13.1 Å². The molecule has 0 saturated carbocycles. The molecule has 3 aliphatic heterocycles. The fourth-order valence-corrected chi connectivity index (χ4v) is 4.51. The van der Waals surface area contributed by atoms with Crippen LogP contribution in [0.4, 0.5) is 5.69 Å². The first-order valence-electron chi connectivity index (χ1n) is 10.4. The Bertz CT molecular complexity index is 1080. The molecule has 2 aromatic rings. The van der Waals surface area contributed by atoms with E-state index < -0.39 is 6.04 Å². The summed E-state index contributed by atoms with van der Waals surface area (Å²) in [6, 6.07) is 10.4. The van der Waals surface area contributed by atoms with E-state index in [4.69, 9.17) is 9.47 Å². The molecule has 0 aliphatic carbocycles. The lowest BCUT2D eigenvalue weighted by molar-refractivity contribution is -0.125. The fraction of sp³-hybridized carbons (Fsp3) is 0.348. The number of carbonyl (C=O) groups is 3. The number of nitrogens with zero attached hydrogens (tertiary/aromatic N) is 2. The van der Waals surface area contributed by atoms with E-state index in [0.29, 0.717) is 42.3 Å².